The van der Waals surface area contributed by atoms with Gasteiger partial charge in [-0.15, -0.1) is 0 Å². The summed E-state index contributed by atoms with van der Waals surface area (Å²) in [6, 6.07) is 83.3. The van der Waals surface area contributed by atoms with Crippen molar-refractivity contribution >= 4 is 43.6 Å². The predicted molar refractivity (Wildman–Crippen MR) is 332 cm³/mol. The standard InChI is InChI=1S/C75H52N6/c1-45-39-47(3)78-71-57(45)33-35-61-63(49-15-7-5-8-16-49)43-69(80-73(61)71)51-21-27-55(28-22-51)75(65-41-53(67-19-11-13-37-76-67)25-31-59(65)60-32-26-54(42-66(60)75)68-20-12-14-38-77-68)56-29-23-52(24-30-56)70-44-64(50-17-9-6-10-18-50)62-36-34-58-46(2)40-48(4)79-72(58)74(62)81-70/h5-44H,1-4H3. The van der Waals surface area contributed by atoms with Crippen LogP contribution in [0.15, 0.2) is 243 Å². The van der Waals surface area contributed by atoms with Crippen molar-refractivity contribution in [2.45, 2.75) is 33.1 Å². The first-order valence-corrected chi connectivity index (χ1v) is 27.7. The topological polar surface area (TPSA) is 77.3 Å². The molecular formula is C75H52N6. The molecule has 0 saturated heterocycles. The van der Waals surface area contributed by atoms with E-state index in [4.69, 9.17) is 29.9 Å². The van der Waals surface area contributed by atoms with Gasteiger partial charge in [-0.25, -0.2) is 9.97 Å². The fourth-order valence-corrected chi connectivity index (χ4v) is 12.9. The minimum absolute atomic E-state index is 0.806. The number of benzene rings is 8. The summed E-state index contributed by atoms with van der Waals surface area (Å²) in [6.45, 7) is 8.45. The van der Waals surface area contributed by atoms with Crippen molar-refractivity contribution in [3.8, 4) is 78.4 Å². The zero-order chi connectivity index (χ0) is 54.3. The van der Waals surface area contributed by atoms with Gasteiger partial charge >= 0.3 is 0 Å². The molecule has 0 unspecified atom stereocenters. The highest BCUT2D eigenvalue weighted by atomic mass is 14.8. The second kappa shape index (κ2) is 19.0. The summed E-state index contributed by atoms with van der Waals surface area (Å²) >= 11 is 0. The Labute approximate surface area is 470 Å². The average Bonchev–Trinajstić information content (AvgIpc) is 3.62. The minimum atomic E-state index is -0.806. The lowest BCUT2D eigenvalue weighted by Gasteiger charge is -2.34. The van der Waals surface area contributed by atoms with Crippen LogP contribution >= 0.6 is 0 Å². The zero-order valence-electron chi connectivity index (χ0n) is 45.3. The maximum atomic E-state index is 5.53. The Hall–Kier alpha value is -10.3. The van der Waals surface area contributed by atoms with Crippen molar-refractivity contribution in [1.82, 2.24) is 29.9 Å². The normalized spacial score (nSPS) is 12.5. The van der Waals surface area contributed by atoms with Crippen LogP contribution in [0.3, 0.4) is 0 Å². The van der Waals surface area contributed by atoms with Gasteiger partial charge in [0, 0.05) is 67.6 Å². The third kappa shape index (κ3) is 7.85. The third-order valence-electron chi connectivity index (χ3n) is 16.6. The Balaban J connectivity index is 0.970. The Morgan fingerprint density at radius 1 is 0.272 bits per heavy atom. The molecule has 6 aromatic heterocycles. The quantitative estimate of drug-likeness (QED) is 0.141. The number of hydrogen-bond donors (Lipinski definition) is 0. The number of rotatable bonds is 8. The van der Waals surface area contributed by atoms with E-state index in [0.717, 1.165) is 133 Å². The van der Waals surface area contributed by atoms with Crippen molar-refractivity contribution in [2.24, 2.45) is 0 Å². The van der Waals surface area contributed by atoms with E-state index in [9.17, 15) is 0 Å². The van der Waals surface area contributed by atoms with Gasteiger partial charge in [-0.1, -0.05) is 170 Å². The molecule has 1 aliphatic carbocycles. The smallest absolute Gasteiger partial charge is 0.0978 e. The van der Waals surface area contributed by atoms with Gasteiger partial charge in [0.1, 0.15) is 0 Å². The second-order valence-corrected chi connectivity index (χ2v) is 21.6. The van der Waals surface area contributed by atoms with E-state index in [1.165, 1.54) is 33.4 Å². The van der Waals surface area contributed by atoms with E-state index < -0.39 is 5.41 Å². The van der Waals surface area contributed by atoms with Crippen molar-refractivity contribution in [1.29, 1.82) is 0 Å². The maximum Gasteiger partial charge on any atom is 0.0978 e. The summed E-state index contributed by atoms with van der Waals surface area (Å²) in [5.74, 6) is 0. The molecule has 0 amide bonds. The second-order valence-electron chi connectivity index (χ2n) is 21.6. The Morgan fingerprint density at radius 3 is 1.06 bits per heavy atom. The lowest BCUT2D eigenvalue weighted by Crippen LogP contribution is -2.28. The van der Waals surface area contributed by atoms with Gasteiger partial charge in [-0.3, -0.25) is 19.9 Å². The van der Waals surface area contributed by atoms with Crippen molar-refractivity contribution in [2.75, 3.05) is 0 Å². The van der Waals surface area contributed by atoms with Crippen LogP contribution in [0.4, 0.5) is 0 Å². The molecule has 15 rings (SSSR count). The highest BCUT2D eigenvalue weighted by Gasteiger charge is 2.47. The monoisotopic (exact) mass is 1040 g/mol. The number of aromatic nitrogens is 6. The molecule has 8 aromatic carbocycles. The van der Waals surface area contributed by atoms with Gasteiger partial charge in [0.2, 0.25) is 0 Å². The predicted octanol–water partition coefficient (Wildman–Crippen LogP) is 18.3. The van der Waals surface area contributed by atoms with Gasteiger partial charge in [0.05, 0.1) is 50.3 Å². The Kier molecular flexibility index (Phi) is 11.2. The molecule has 6 nitrogen and oxygen atoms in total. The Bertz CT molecular complexity index is 4500. The number of hydrogen-bond acceptors (Lipinski definition) is 6. The lowest BCUT2D eigenvalue weighted by atomic mass is 9.67. The highest BCUT2D eigenvalue weighted by molar-refractivity contribution is 6.11. The van der Waals surface area contributed by atoms with Crippen LogP contribution in [0.5, 0.6) is 0 Å². The molecule has 6 heterocycles. The summed E-state index contributed by atoms with van der Waals surface area (Å²) in [4.78, 5) is 31.1. The van der Waals surface area contributed by atoms with E-state index in [-0.39, 0.29) is 0 Å². The van der Waals surface area contributed by atoms with Crippen LogP contribution < -0.4 is 0 Å². The van der Waals surface area contributed by atoms with Gasteiger partial charge in [0.15, 0.2) is 0 Å². The van der Waals surface area contributed by atoms with Crippen LogP contribution in [-0.2, 0) is 5.41 Å². The summed E-state index contributed by atoms with van der Waals surface area (Å²) < 4.78 is 0. The highest BCUT2D eigenvalue weighted by Crippen LogP contribution is 2.58. The van der Waals surface area contributed by atoms with Gasteiger partial charge in [-0.2, -0.15) is 0 Å². The summed E-state index contributed by atoms with van der Waals surface area (Å²) in [7, 11) is 0. The summed E-state index contributed by atoms with van der Waals surface area (Å²) in [6.07, 6.45) is 3.75. The van der Waals surface area contributed by atoms with Crippen molar-refractivity contribution in [3.05, 3.63) is 288 Å². The van der Waals surface area contributed by atoms with Crippen LogP contribution in [-0.4, -0.2) is 29.9 Å². The molecule has 0 aliphatic heterocycles. The van der Waals surface area contributed by atoms with Crippen LogP contribution in [0.25, 0.3) is 122 Å². The molecule has 0 spiro atoms. The number of nitrogens with zero attached hydrogens (tertiary/aromatic N) is 6. The zero-order valence-corrected chi connectivity index (χ0v) is 45.3. The number of aryl methyl sites for hydroxylation is 4. The van der Waals surface area contributed by atoms with E-state index in [1.807, 2.05) is 24.5 Å². The molecule has 0 radical (unpaired) electrons. The van der Waals surface area contributed by atoms with Crippen LogP contribution in [0, 0.1) is 27.7 Å². The van der Waals surface area contributed by atoms with E-state index in [1.54, 1.807) is 0 Å². The van der Waals surface area contributed by atoms with Crippen molar-refractivity contribution in [3.63, 3.8) is 0 Å². The lowest BCUT2D eigenvalue weighted by molar-refractivity contribution is 0.769. The average molecular weight is 1040 g/mol. The first-order chi connectivity index (χ1) is 39.8. The van der Waals surface area contributed by atoms with Gasteiger partial charge in [-0.05, 0) is 155 Å². The number of pyridine rings is 6. The van der Waals surface area contributed by atoms with Crippen LogP contribution in [0.2, 0.25) is 0 Å². The minimum Gasteiger partial charge on any atom is -0.256 e. The molecule has 81 heavy (non-hydrogen) atoms. The Morgan fingerprint density at radius 2 is 0.654 bits per heavy atom. The van der Waals surface area contributed by atoms with E-state index in [0.29, 0.717) is 0 Å². The molecular weight excluding hydrogens is 985 g/mol. The molecule has 0 atom stereocenters. The van der Waals surface area contributed by atoms with Crippen molar-refractivity contribution < 1.29 is 0 Å². The number of fused-ring (bicyclic) bond motifs is 9. The molecule has 1 aliphatic rings. The molecule has 0 saturated carbocycles. The summed E-state index contributed by atoms with van der Waals surface area (Å²) in [5.41, 5.74) is 26.3. The summed E-state index contributed by atoms with van der Waals surface area (Å²) in [5, 5.41) is 4.37. The molecule has 382 valence electrons. The molecule has 0 fully saturated rings. The van der Waals surface area contributed by atoms with Gasteiger partial charge < -0.3 is 0 Å². The first-order valence-electron chi connectivity index (χ1n) is 27.7. The SMILES string of the molecule is Cc1cc(C)c2ccc3c(-c4ccccc4)cc(-c4ccc(C5(c6ccc(-c7cc(-c8ccccc8)c8ccc9c(C)cc(C)nc9c8n7)cc6)c6cc(-c7ccccn7)ccc6-c6ccc(-c7ccccn7)cc65)cc4)nc3c2n1. The maximum absolute atomic E-state index is 5.53. The van der Waals surface area contributed by atoms with E-state index in [2.05, 4.69) is 246 Å². The van der Waals surface area contributed by atoms with Crippen LogP contribution in [0.1, 0.15) is 44.8 Å². The molecule has 6 heteroatoms. The molecule has 0 bridgehead atoms. The van der Waals surface area contributed by atoms with E-state index >= 15 is 0 Å². The third-order valence-corrected chi connectivity index (χ3v) is 16.6. The largest absolute Gasteiger partial charge is 0.256 e. The first kappa shape index (κ1) is 47.9. The fraction of sp³-hybridized carbons (Fsp3) is 0.0667. The molecule has 0 N–H and O–H groups in total. The molecule has 14 aromatic rings. The van der Waals surface area contributed by atoms with Gasteiger partial charge in [0.25, 0.3) is 0 Å². The fourth-order valence-electron chi connectivity index (χ4n) is 12.9.